The van der Waals surface area contributed by atoms with Gasteiger partial charge in [0.05, 0.1) is 6.61 Å². The summed E-state index contributed by atoms with van der Waals surface area (Å²) in [5.74, 6) is 0. The third kappa shape index (κ3) is 2.22. The summed E-state index contributed by atoms with van der Waals surface area (Å²) in [6.45, 7) is -0.230. The van der Waals surface area contributed by atoms with Crippen molar-refractivity contribution in [3.05, 3.63) is 0 Å². The fourth-order valence-electron chi connectivity index (χ4n) is 2.04. The molecule has 2 aliphatic rings. The van der Waals surface area contributed by atoms with E-state index in [1.54, 1.807) is 0 Å². The van der Waals surface area contributed by atoms with Gasteiger partial charge in [0.1, 0.15) is 24.5 Å². The zero-order valence-corrected chi connectivity index (χ0v) is 9.06. The fraction of sp³-hybridized carbons (Fsp3) is 0.889. The van der Waals surface area contributed by atoms with Crippen LogP contribution in [0.3, 0.4) is 0 Å². The second-order valence-corrected chi connectivity index (χ2v) is 4.18. The molecule has 2 saturated heterocycles. The van der Waals surface area contributed by atoms with Gasteiger partial charge in [0, 0.05) is 13.0 Å². The summed E-state index contributed by atoms with van der Waals surface area (Å²) in [6, 6.07) is -0.571. The number of carbonyl (C=O) groups is 1. The van der Waals surface area contributed by atoms with Crippen LogP contribution in [-0.4, -0.2) is 75.3 Å². The van der Waals surface area contributed by atoms with Gasteiger partial charge in [0.25, 0.3) is 0 Å². The van der Waals surface area contributed by atoms with Gasteiger partial charge < -0.3 is 30.5 Å². The molecule has 2 heterocycles. The van der Waals surface area contributed by atoms with E-state index in [1.165, 1.54) is 4.90 Å². The molecule has 0 aromatic carbocycles. The monoisotopic (exact) mass is 248 g/mol. The Labute approximate surface area is 97.4 Å². The zero-order valence-electron chi connectivity index (χ0n) is 9.06. The lowest BCUT2D eigenvalue weighted by molar-refractivity contribution is -0.0893. The van der Waals surface area contributed by atoms with E-state index >= 15 is 0 Å². The number of carbonyl (C=O) groups excluding carboxylic acids is 1. The number of hydrogen-bond acceptors (Lipinski definition) is 6. The lowest BCUT2D eigenvalue weighted by Crippen LogP contribution is -2.57. The minimum Gasteiger partial charge on any atom is -0.394 e. The number of aliphatic hydroxyl groups is 4. The maximum Gasteiger partial charge on any atom is 0.321 e. The number of hydrogen-bond donors (Lipinski definition) is 5. The molecular weight excluding hydrogens is 232 g/mol. The molecule has 0 spiro atoms. The van der Waals surface area contributed by atoms with Crippen LogP contribution in [0.1, 0.15) is 6.42 Å². The quantitative estimate of drug-likeness (QED) is 0.359. The Morgan fingerprint density at radius 3 is 2.59 bits per heavy atom. The summed E-state index contributed by atoms with van der Waals surface area (Å²) in [4.78, 5) is 12.7. The van der Waals surface area contributed by atoms with Gasteiger partial charge in [-0.2, -0.15) is 0 Å². The first kappa shape index (κ1) is 12.5. The van der Waals surface area contributed by atoms with Crippen LogP contribution in [0.5, 0.6) is 0 Å². The molecule has 0 bridgehead atoms. The molecule has 8 heteroatoms. The van der Waals surface area contributed by atoms with Crippen molar-refractivity contribution in [2.45, 2.75) is 37.2 Å². The third-order valence-electron chi connectivity index (χ3n) is 3.02. The van der Waals surface area contributed by atoms with Crippen molar-refractivity contribution in [1.29, 1.82) is 0 Å². The minimum absolute atomic E-state index is 0.208. The van der Waals surface area contributed by atoms with Crippen molar-refractivity contribution in [1.82, 2.24) is 10.2 Å². The lowest BCUT2D eigenvalue weighted by atomic mass is 10.1. The van der Waals surface area contributed by atoms with Gasteiger partial charge in [-0.15, -0.1) is 0 Å². The topological polar surface area (TPSA) is 122 Å². The van der Waals surface area contributed by atoms with Gasteiger partial charge in [0.15, 0.2) is 6.23 Å². The molecule has 0 unspecified atom stereocenters. The number of ether oxygens (including phenoxy) is 1. The van der Waals surface area contributed by atoms with E-state index < -0.39 is 43.4 Å². The predicted octanol–water partition coefficient (Wildman–Crippen LogP) is -2.84. The largest absolute Gasteiger partial charge is 0.394 e. The van der Waals surface area contributed by atoms with Gasteiger partial charge in [-0.1, -0.05) is 0 Å². The number of nitrogens with zero attached hydrogens (tertiary/aromatic N) is 1. The maximum atomic E-state index is 11.6. The van der Waals surface area contributed by atoms with Gasteiger partial charge in [-0.05, 0) is 0 Å². The Morgan fingerprint density at radius 2 is 2.06 bits per heavy atom. The van der Waals surface area contributed by atoms with Crippen LogP contribution >= 0.6 is 0 Å². The van der Waals surface area contributed by atoms with E-state index in [-0.39, 0.29) is 6.54 Å². The van der Waals surface area contributed by atoms with Gasteiger partial charge >= 0.3 is 6.03 Å². The SMILES string of the molecule is O=C1N[C@H](O)CCN1[C@H]1O[C@@H](CO)[C@@H](O)[C@H]1O. The molecule has 8 nitrogen and oxygen atoms in total. The van der Waals surface area contributed by atoms with Crippen molar-refractivity contribution in [3.8, 4) is 0 Å². The highest BCUT2D eigenvalue weighted by Crippen LogP contribution is 2.25. The molecule has 2 rings (SSSR count). The van der Waals surface area contributed by atoms with Crippen molar-refractivity contribution >= 4 is 6.03 Å². The van der Waals surface area contributed by atoms with Crippen LogP contribution in [0.2, 0.25) is 0 Å². The molecule has 2 fully saturated rings. The highest BCUT2D eigenvalue weighted by Gasteiger charge is 2.47. The summed E-state index contributed by atoms with van der Waals surface area (Å²) in [7, 11) is 0. The molecule has 5 N–H and O–H groups in total. The van der Waals surface area contributed by atoms with Crippen LogP contribution in [0, 0.1) is 0 Å². The summed E-state index contributed by atoms with van der Waals surface area (Å²) in [5, 5.41) is 39.7. The first-order chi connectivity index (χ1) is 8.04. The van der Waals surface area contributed by atoms with Crippen LogP contribution in [0.25, 0.3) is 0 Å². The molecule has 2 aliphatic heterocycles. The van der Waals surface area contributed by atoms with Crippen LogP contribution < -0.4 is 5.32 Å². The molecule has 5 atom stereocenters. The molecule has 0 aromatic heterocycles. The van der Waals surface area contributed by atoms with Crippen molar-refractivity contribution in [3.63, 3.8) is 0 Å². The van der Waals surface area contributed by atoms with Gasteiger partial charge in [-0.25, -0.2) is 4.79 Å². The molecule has 17 heavy (non-hydrogen) atoms. The van der Waals surface area contributed by atoms with Gasteiger partial charge in [0.2, 0.25) is 0 Å². The number of nitrogens with one attached hydrogen (secondary N) is 1. The van der Waals surface area contributed by atoms with E-state index in [9.17, 15) is 20.1 Å². The van der Waals surface area contributed by atoms with E-state index in [4.69, 9.17) is 9.84 Å². The normalized spacial score (nSPS) is 42.7. The highest BCUT2D eigenvalue weighted by atomic mass is 16.6. The van der Waals surface area contributed by atoms with E-state index in [0.717, 1.165) is 0 Å². The number of aliphatic hydroxyl groups excluding tert-OH is 4. The van der Waals surface area contributed by atoms with E-state index in [0.29, 0.717) is 6.42 Å². The highest BCUT2D eigenvalue weighted by molar-refractivity contribution is 5.75. The van der Waals surface area contributed by atoms with E-state index in [1.807, 2.05) is 0 Å². The first-order valence-corrected chi connectivity index (χ1v) is 5.42. The van der Waals surface area contributed by atoms with E-state index in [2.05, 4.69) is 5.32 Å². The number of urea groups is 1. The van der Waals surface area contributed by atoms with Crippen LogP contribution in [-0.2, 0) is 4.74 Å². The Morgan fingerprint density at radius 1 is 1.35 bits per heavy atom. The first-order valence-electron chi connectivity index (χ1n) is 5.42. The Kier molecular flexibility index (Phi) is 3.50. The summed E-state index contributed by atoms with van der Waals surface area (Å²) in [5.41, 5.74) is 0. The van der Waals surface area contributed by atoms with Crippen molar-refractivity contribution in [2.75, 3.05) is 13.2 Å². The van der Waals surface area contributed by atoms with Gasteiger partial charge in [-0.3, -0.25) is 4.90 Å². The number of amides is 2. The molecule has 0 saturated carbocycles. The van der Waals surface area contributed by atoms with Crippen LogP contribution in [0.15, 0.2) is 0 Å². The smallest absolute Gasteiger partial charge is 0.321 e. The Balaban J connectivity index is 2.05. The fourth-order valence-corrected chi connectivity index (χ4v) is 2.04. The maximum absolute atomic E-state index is 11.6. The van der Waals surface area contributed by atoms with Crippen molar-refractivity contribution < 1.29 is 30.0 Å². The third-order valence-corrected chi connectivity index (χ3v) is 3.02. The molecule has 0 radical (unpaired) electrons. The average molecular weight is 248 g/mol. The average Bonchev–Trinajstić information content (AvgIpc) is 2.57. The second kappa shape index (κ2) is 4.75. The second-order valence-electron chi connectivity index (χ2n) is 4.18. The Hall–Kier alpha value is -0.930. The van der Waals surface area contributed by atoms with Crippen LogP contribution in [0.4, 0.5) is 4.79 Å². The Bertz CT molecular complexity index is 301. The molecule has 2 amide bonds. The zero-order chi connectivity index (χ0) is 12.6. The molecular formula is C9H16N2O6. The minimum atomic E-state index is -1.27. The molecule has 0 aliphatic carbocycles. The molecule has 0 aromatic rings. The number of rotatable bonds is 2. The standard InChI is InChI=1S/C9H16N2O6/c12-3-4-6(14)7(15)8(17-4)11-2-1-5(13)10-9(11)16/h4-8,12-15H,1-3H2,(H,10,16)/t4-,5+,6+,7+,8-/m0/s1. The molecule has 98 valence electrons. The summed E-state index contributed by atoms with van der Waals surface area (Å²) < 4.78 is 5.21. The van der Waals surface area contributed by atoms with Crippen molar-refractivity contribution in [2.24, 2.45) is 0 Å². The summed E-state index contributed by atoms with van der Waals surface area (Å²) >= 11 is 0. The summed E-state index contributed by atoms with van der Waals surface area (Å²) in [6.07, 6.45) is -5.02. The lowest BCUT2D eigenvalue weighted by Gasteiger charge is -2.35. The predicted molar refractivity (Wildman–Crippen MR) is 53.6 cm³/mol.